The predicted octanol–water partition coefficient (Wildman–Crippen LogP) is -0.828. The molecule has 0 bridgehead atoms. The number of hydrogen-bond donors (Lipinski definition) is 1. The molecule has 2 saturated heterocycles. The lowest BCUT2D eigenvalue weighted by atomic mass is 9.96. The third kappa shape index (κ3) is 2.71. The number of rotatable bonds is 2. The van der Waals surface area contributed by atoms with E-state index in [1.54, 1.807) is 0 Å². The molecule has 2 N–H and O–H groups in total. The van der Waals surface area contributed by atoms with Gasteiger partial charge in [-0.25, -0.2) is 21.1 Å². The van der Waals surface area contributed by atoms with Crippen LogP contribution in [-0.4, -0.2) is 57.0 Å². The summed E-state index contributed by atoms with van der Waals surface area (Å²) in [5, 5.41) is -0.760. The van der Waals surface area contributed by atoms with Crippen LogP contribution in [0.4, 0.5) is 0 Å². The van der Waals surface area contributed by atoms with Gasteiger partial charge in [-0.1, -0.05) is 6.92 Å². The van der Waals surface area contributed by atoms with Crippen LogP contribution in [0.1, 0.15) is 19.8 Å². The van der Waals surface area contributed by atoms with E-state index in [4.69, 9.17) is 5.73 Å². The number of hydrogen-bond acceptors (Lipinski definition) is 5. The SMILES string of the molecule is CC1CN(S(=O)(=O)C2CCS(=O)(=O)C2)CCC1N. The summed E-state index contributed by atoms with van der Waals surface area (Å²) in [5.74, 6) is -0.127. The summed E-state index contributed by atoms with van der Waals surface area (Å²) in [5.41, 5.74) is 5.86. The van der Waals surface area contributed by atoms with Gasteiger partial charge in [0.05, 0.1) is 16.8 Å². The first-order valence-electron chi connectivity index (χ1n) is 6.17. The number of sulfone groups is 1. The molecule has 0 aliphatic carbocycles. The molecule has 2 aliphatic rings. The maximum atomic E-state index is 12.3. The van der Waals surface area contributed by atoms with E-state index >= 15 is 0 Å². The first kappa shape index (κ1) is 14.2. The average Bonchev–Trinajstić information content (AvgIpc) is 2.63. The molecule has 8 heteroatoms. The molecule has 0 saturated carbocycles. The Hall–Kier alpha value is -0.180. The predicted molar refractivity (Wildman–Crippen MR) is 69.3 cm³/mol. The minimum atomic E-state index is -3.49. The van der Waals surface area contributed by atoms with E-state index in [-0.39, 0.29) is 29.9 Å². The van der Waals surface area contributed by atoms with Crippen molar-refractivity contribution in [2.45, 2.75) is 31.1 Å². The molecular formula is C10H20N2O4S2. The largest absolute Gasteiger partial charge is 0.327 e. The minimum absolute atomic E-state index is 0.0141. The Balaban J connectivity index is 2.13. The zero-order valence-electron chi connectivity index (χ0n) is 10.4. The first-order valence-corrected chi connectivity index (χ1v) is 9.50. The van der Waals surface area contributed by atoms with Crippen LogP contribution < -0.4 is 5.73 Å². The van der Waals surface area contributed by atoms with Crippen molar-refractivity contribution in [3.05, 3.63) is 0 Å². The summed E-state index contributed by atoms with van der Waals surface area (Å²) in [6.07, 6.45) is 0.863. The summed E-state index contributed by atoms with van der Waals surface area (Å²) in [6, 6.07) is 0.0313. The minimum Gasteiger partial charge on any atom is -0.327 e. The van der Waals surface area contributed by atoms with Crippen molar-refractivity contribution in [3.8, 4) is 0 Å². The zero-order valence-corrected chi connectivity index (χ0v) is 12.1. The molecule has 18 heavy (non-hydrogen) atoms. The lowest BCUT2D eigenvalue weighted by Crippen LogP contribution is -2.50. The average molecular weight is 296 g/mol. The van der Waals surface area contributed by atoms with Crippen molar-refractivity contribution in [2.24, 2.45) is 11.7 Å². The molecule has 0 aromatic carbocycles. The van der Waals surface area contributed by atoms with Crippen LogP contribution in [0, 0.1) is 5.92 Å². The van der Waals surface area contributed by atoms with Crippen molar-refractivity contribution >= 4 is 19.9 Å². The van der Waals surface area contributed by atoms with Gasteiger partial charge in [0.1, 0.15) is 0 Å². The molecule has 0 spiro atoms. The maximum absolute atomic E-state index is 12.3. The van der Waals surface area contributed by atoms with Crippen molar-refractivity contribution in [1.82, 2.24) is 4.31 Å². The molecule has 2 rings (SSSR count). The molecule has 3 unspecified atom stereocenters. The summed E-state index contributed by atoms with van der Waals surface area (Å²) >= 11 is 0. The van der Waals surface area contributed by atoms with Gasteiger partial charge in [-0.05, 0) is 18.8 Å². The molecular weight excluding hydrogens is 276 g/mol. The second-order valence-electron chi connectivity index (χ2n) is 5.36. The number of sulfonamides is 1. The van der Waals surface area contributed by atoms with E-state index in [0.717, 1.165) is 0 Å². The maximum Gasteiger partial charge on any atom is 0.218 e. The molecule has 0 radical (unpaired) electrons. The lowest BCUT2D eigenvalue weighted by molar-refractivity contribution is 0.248. The summed E-state index contributed by atoms with van der Waals surface area (Å²) in [4.78, 5) is 0. The van der Waals surface area contributed by atoms with Gasteiger partial charge >= 0.3 is 0 Å². The second-order valence-corrected chi connectivity index (χ2v) is 9.80. The summed E-state index contributed by atoms with van der Waals surface area (Å²) in [6.45, 7) is 2.74. The monoisotopic (exact) mass is 296 g/mol. The quantitative estimate of drug-likeness (QED) is 0.717. The van der Waals surface area contributed by atoms with Gasteiger partial charge < -0.3 is 5.73 Å². The van der Waals surface area contributed by atoms with Crippen LogP contribution >= 0.6 is 0 Å². The fourth-order valence-electron chi connectivity index (χ4n) is 2.56. The van der Waals surface area contributed by atoms with Gasteiger partial charge in [-0.15, -0.1) is 0 Å². The number of piperidine rings is 1. The smallest absolute Gasteiger partial charge is 0.218 e. The highest BCUT2D eigenvalue weighted by molar-refractivity contribution is 7.95. The molecule has 2 aliphatic heterocycles. The molecule has 6 nitrogen and oxygen atoms in total. The summed E-state index contributed by atoms with van der Waals surface area (Å²) < 4.78 is 48.9. The third-order valence-electron chi connectivity index (χ3n) is 3.91. The Morgan fingerprint density at radius 1 is 1.28 bits per heavy atom. The number of nitrogens with two attached hydrogens (primary N) is 1. The van der Waals surface area contributed by atoms with Crippen LogP contribution in [0.25, 0.3) is 0 Å². The molecule has 106 valence electrons. The molecule has 0 aromatic rings. The van der Waals surface area contributed by atoms with Crippen molar-refractivity contribution < 1.29 is 16.8 Å². The molecule has 0 amide bonds. The standard InChI is InChI=1S/C10H20N2O4S2/c1-8-6-12(4-2-10(8)11)18(15,16)9-3-5-17(13,14)7-9/h8-10H,2-7,11H2,1H3. The van der Waals surface area contributed by atoms with Gasteiger partial charge in [-0.3, -0.25) is 0 Å². The highest BCUT2D eigenvalue weighted by Crippen LogP contribution is 2.26. The Morgan fingerprint density at radius 2 is 1.94 bits per heavy atom. The fourth-order valence-corrected chi connectivity index (χ4v) is 7.21. The van der Waals surface area contributed by atoms with Crippen molar-refractivity contribution in [1.29, 1.82) is 0 Å². The molecule has 0 aromatic heterocycles. The first-order chi connectivity index (χ1) is 8.22. The molecule has 2 fully saturated rings. The Morgan fingerprint density at radius 3 is 2.44 bits per heavy atom. The fraction of sp³-hybridized carbons (Fsp3) is 1.00. The van der Waals surface area contributed by atoms with Crippen molar-refractivity contribution in [2.75, 3.05) is 24.6 Å². The Bertz CT molecular complexity index is 514. The van der Waals surface area contributed by atoms with E-state index in [1.807, 2.05) is 6.92 Å². The highest BCUT2D eigenvalue weighted by Gasteiger charge is 2.42. The van der Waals surface area contributed by atoms with Crippen molar-refractivity contribution in [3.63, 3.8) is 0 Å². The van der Waals surface area contributed by atoms with E-state index in [9.17, 15) is 16.8 Å². The van der Waals surface area contributed by atoms with Crippen LogP contribution in [-0.2, 0) is 19.9 Å². The van der Waals surface area contributed by atoms with Crippen LogP contribution in [0.15, 0.2) is 0 Å². The van der Waals surface area contributed by atoms with Gasteiger partial charge in [-0.2, -0.15) is 0 Å². The Labute approximate surface area is 108 Å². The van der Waals surface area contributed by atoms with E-state index in [2.05, 4.69) is 0 Å². The van der Waals surface area contributed by atoms with Crippen LogP contribution in [0.5, 0.6) is 0 Å². The van der Waals surface area contributed by atoms with Crippen LogP contribution in [0.2, 0.25) is 0 Å². The highest BCUT2D eigenvalue weighted by atomic mass is 32.2. The normalized spacial score (nSPS) is 37.8. The van der Waals surface area contributed by atoms with Gasteiger partial charge in [0.15, 0.2) is 9.84 Å². The lowest BCUT2D eigenvalue weighted by Gasteiger charge is -2.35. The van der Waals surface area contributed by atoms with E-state index in [0.29, 0.717) is 19.5 Å². The van der Waals surface area contributed by atoms with E-state index in [1.165, 1.54) is 4.31 Å². The third-order valence-corrected chi connectivity index (χ3v) is 8.18. The van der Waals surface area contributed by atoms with E-state index < -0.39 is 25.1 Å². The zero-order chi connectivity index (χ0) is 13.6. The summed E-state index contributed by atoms with van der Waals surface area (Å²) in [7, 11) is -6.66. The van der Waals surface area contributed by atoms with Gasteiger partial charge in [0, 0.05) is 19.1 Å². The molecule has 3 atom stereocenters. The second kappa shape index (κ2) is 4.73. The van der Waals surface area contributed by atoms with Crippen LogP contribution in [0.3, 0.4) is 0 Å². The van der Waals surface area contributed by atoms with Gasteiger partial charge in [0.25, 0.3) is 0 Å². The number of nitrogens with zero attached hydrogens (tertiary/aromatic N) is 1. The Kier molecular flexibility index (Phi) is 3.74. The van der Waals surface area contributed by atoms with Gasteiger partial charge in [0.2, 0.25) is 10.0 Å². The topological polar surface area (TPSA) is 97.5 Å². The molecule has 2 heterocycles.